The first-order valence-electron chi connectivity index (χ1n) is 6.66. The van der Waals surface area contributed by atoms with Gasteiger partial charge in [0, 0.05) is 17.8 Å². The lowest BCUT2D eigenvalue weighted by molar-refractivity contribution is -0.386. The summed E-state index contributed by atoms with van der Waals surface area (Å²) in [6.07, 6.45) is 0.882. The molecule has 2 atom stereocenters. The van der Waals surface area contributed by atoms with Crippen LogP contribution >= 0.6 is 11.6 Å². The third-order valence-electron chi connectivity index (χ3n) is 3.28. The van der Waals surface area contributed by atoms with Crippen molar-refractivity contribution in [1.29, 1.82) is 0 Å². The number of rotatable bonds is 6. The van der Waals surface area contributed by atoms with Crippen molar-refractivity contribution in [1.82, 2.24) is 9.78 Å². The topological polar surface area (TPSA) is 61.0 Å². The van der Waals surface area contributed by atoms with Crippen LogP contribution in [-0.4, -0.2) is 20.1 Å². The summed E-state index contributed by atoms with van der Waals surface area (Å²) < 4.78 is 1.76. The molecule has 0 saturated heterocycles. The number of alkyl halides is 1. The predicted molar refractivity (Wildman–Crippen MR) is 76.8 cm³/mol. The van der Waals surface area contributed by atoms with Crippen molar-refractivity contribution in [3.63, 3.8) is 0 Å². The largest absolute Gasteiger partial charge is 0.313 e. The molecule has 1 aromatic heterocycles. The Bertz CT molecular complexity index is 447. The Hall–Kier alpha value is -1.10. The molecule has 1 heterocycles. The van der Waals surface area contributed by atoms with Gasteiger partial charge in [-0.1, -0.05) is 20.8 Å². The predicted octanol–water partition coefficient (Wildman–Crippen LogP) is 3.88. The normalized spacial score (nSPS) is 14.7. The number of nitrogens with zero attached hydrogens (tertiary/aromatic N) is 3. The highest BCUT2D eigenvalue weighted by atomic mass is 35.5. The van der Waals surface area contributed by atoms with Gasteiger partial charge in [0.15, 0.2) is 0 Å². The molecule has 6 heteroatoms. The summed E-state index contributed by atoms with van der Waals surface area (Å²) in [6, 6.07) is 0. The van der Waals surface area contributed by atoms with Crippen molar-refractivity contribution in [2.24, 2.45) is 5.92 Å². The van der Waals surface area contributed by atoms with E-state index in [1.165, 1.54) is 0 Å². The summed E-state index contributed by atoms with van der Waals surface area (Å²) in [4.78, 5) is 11.0. The Morgan fingerprint density at radius 2 is 2.00 bits per heavy atom. The number of nitro groups is 1. The van der Waals surface area contributed by atoms with Crippen molar-refractivity contribution < 1.29 is 4.92 Å². The lowest BCUT2D eigenvalue weighted by Crippen LogP contribution is -2.21. The van der Waals surface area contributed by atoms with Crippen LogP contribution in [0.3, 0.4) is 0 Å². The molecule has 0 amide bonds. The van der Waals surface area contributed by atoms with Crippen molar-refractivity contribution >= 4 is 17.3 Å². The second-order valence-electron chi connectivity index (χ2n) is 5.25. The highest BCUT2D eigenvalue weighted by molar-refractivity contribution is 6.20. The van der Waals surface area contributed by atoms with E-state index < -0.39 is 0 Å². The molecule has 0 radical (unpaired) electrons. The second-order valence-corrected chi connectivity index (χ2v) is 5.94. The highest BCUT2D eigenvalue weighted by Gasteiger charge is 2.34. The van der Waals surface area contributed by atoms with E-state index in [9.17, 15) is 10.1 Å². The van der Waals surface area contributed by atoms with Gasteiger partial charge in [-0.25, -0.2) is 0 Å². The van der Waals surface area contributed by atoms with Crippen molar-refractivity contribution in [2.75, 3.05) is 0 Å². The van der Waals surface area contributed by atoms with E-state index >= 15 is 0 Å². The Balaban J connectivity index is 3.46. The maximum Gasteiger partial charge on any atom is 0.313 e. The van der Waals surface area contributed by atoms with Gasteiger partial charge in [0.1, 0.15) is 11.4 Å². The molecule has 1 aromatic rings. The van der Waals surface area contributed by atoms with Crippen LogP contribution in [0.1, 0.15) is 51.4 Å². The van der Waals surface area contributed by atoms with Crippen LogP contribution in [0, 0.1) is 23.0 Å². The van der Waals surface area contributed by atoms with Gasteiger partial charge < -0.3 is 0 Å². The molecular formula is C13H22ClN3O2. The fourth-order valence-electron chi connectivity index (χ4n) is 2.59. The first-order chi connectivity index (χ1) is 8.81. The zero-order valence-electron chi connectivity index (χ0n) is 12.2. The third-order valence-corrected chi connectivity index (χ3v) is 3.55. The molecular weight excluding hydrogens is 266 g/mol. The van der Waals surface area contributed by atoms with E-state index in [-0.39, 0.29) is 27.8 Å². The minimum Gasteiger partial charge on any atom is -0.262 e. The standard InChI is InChI=1S/C13H22ClN3O2/c1-6-7-16-13(11(8(2)3)9(4)14)12(17(18)19)10(5)15-16/h8-9,11H,6-7H2,1-5H3. The maximum absolute atomic E-state index is 11.3. The Kier molecular flexibility index (Phi) is 5.35. The lowest BCUT2D eigenvalue weighted by atomic mass is 9.88. The van der Waals surface area contributed by atoms with Gasteiger partial charge in [-0.05, 0) is 26.2 Å². The average Bonchev–Trinajstić information content (AvgIpc) is 2.55. The van der Waals surface area contributed by atoms with Crippen LogP contribution in [0.5, 0.6) is 0 Å². The first kappa shape index (κ1) is 16.0. The van der Waals surface area contributed by atoms with Gasteiger partial charge in [-0.3, -0.25) is 14.8 Å². The minimum absolute atomic E-state index is 0.0742. The summed E-state index contributed by atoms with van der Waals surface area (Å²) >= 11 is 6.27. The molecule has 0 N–H and O–H groups in total. The Morgan fingerprint density at radius 1 is 1.42 bits per heavy atom. The zero-order valence-corrected chi connectivity index (χ0v) is 12.9. The van der Waals surface area contributed by atoms with Crippen molar-refractivity contribution in [3.8, 4) is 0 Å². The second kappa shape index (κ2) is 6.37. The molecule has 0 fully saturated rings. The quantitative estimate of drug-likeness (QED) is 0.453. The van der Waals surface area contributed by atoms with E-state index in [0.29, 0.717) is 17.9 Å². The molecule has 0 aliphatic heterocycles. The SMILES string of the molecule is CCCn1nc(C)c([N+](=O)[O-])c1C(C(C)C)C(C)Cl. The number of aromatic nitrogens is 2. The van der Waals surface area contributed by atoms with Crippen LogP contribution in [-0.2, 0) is 6.54 Å². The monoisotopic (exact) mass is 287 g/mol. The number of aryl methyl sites for hydroxylation is 2. The summed E-state index contributed by atoms with van der Waals surface area (Å²) in [7, 11) is 0. The van der Waals surface area contributed by atoms with E-state index in [1.807, 2.05) is 27.7 Å². The van der Waals surface area contributed by atoms with Crippen LogP contribution in [0.2, 0.25) is 0 Å². The fraction of sp³-hybridized carbons (Fsp3) is 0.769. The van der Waals surface area contributed by atoms with Crippen LogP contribution in [0.4, 0.5) is 5.69 Å². The Morgan fingerprint density at radius 3 is 2.37 bits per heavy atom. The van der Waals surface area contributed by atoms with Crippen LogP contribution < -0.4 is 0 Å². The average molecular weight is 288 g/mol. The van der Waals surface area contributed by atoms with Crippen LogP contribution in [0.15, 0.2) is 0 Å². The highest BCUT2D eigenvalue weighted by Crippen LogP contribution is 2.38. The first-order valence-corrected chi connectivity index (χ1v) is 7.10. The van der Waals surface area contributed by atoms with Crippen molar-refractivity contribution in [3.05, 3.63) is 21.5 Å². The van der Waals surface area contributed by atoms with E-state index in [4.69, 9.17) is 11.6 Å². The van der Waals surface area contributed by atoms with E-state index in [2.05, 4.69) is 5.10 Å². The summed E-state index contributed by atoms with van der Waals surface area (Å²) in [5.41, 5.74) is 1.26. The van der Waals surface area contributed by atoms with Gasteiger partial charge in [-0.2, -0.15) is 5.10 Å². The van der Waals surface area contributed by atoms with Gasteiger partial charge in [0.25, 0.3) is 0 Å². The third kappa shape index (κ3) is 3.26. The van der Waals surface area contributed by atoms with Crippen LogP contribution in [0.25, 0.3) is 0 Å². The lowest BCUT2D eigenvalue weighted by Gasteiger charge is -2.23. The molecule has 19 heavy (non-hydrogen) atoms. The van der Waals surface area contributed by atoms with Gasteiger partial charge in [0.05, 0.1) is 4.92 Å². The molecule has 0 spiro atoms. The molecule has 2 unspecified atom stereocenters. The molecule has 5 nitrogen and oxygen atoms in total. The van der Waals surface area contributed by atoms with Gasteiger partial charge >= 0.3 is 5.69 Å². The molecule has 0 saturated carbocycles. The molecule has 0 aliphatic carbocycles. The molecule has 0 aromatic carbocycles. The summed E-state index contributed by atoms with van der Waals surface area (Å²) in [6.45, 7) is 10.3. The minimum atomic E-state index is -0.335. The smallest absolute Gasteiger partial charge is 0.262 e. The molecule has 108 valence electrons. The Labute approximate surface area is 119 Å². The number of hydrogen-bond donors (Lipinski definition) is 0. The molecule has 1 rings (SSSR count). The van der Waals surface area contributed by atoms with E-state index in [1.54, 1.807) is 11.6 Å². The summed E-state index contributed by atoms with van der Waals surface area (Å²) in [5, 5.41) is 15.5. The maximum atomic E-state index is 11.3. The van der Waals surface area contributed by atoms with Gasteiger partial charge in [0.2, 0.25) is 0 Å². The fourth-order valence-corrected chi connectivity index (χ4v) is 3.00. The molecule has 0 aliphatic rings. The van der Waals surface area contributed by atoms with Crippen molar-refractivity contribution in [2.45, 2.75) is 58.9 Å². The number of halogens is 1. The molecule has 0 bridgehead atoms. The van der Waals surface area contributed by atoms with Gasteiger partial charge in [-0.15, -0.1) is 11.6 Å². The zero-order chi connectivity index (χ0) is 14.7. The summed E-state index contributed by atoms with van der Waals surface area (Å²) in [5.74, 6) is 0.146. The van der Waals surface area contributed by atoms with E-state index in [0.717, 1.165) is 6.42 Å². The number of hydrogen-bond acceptors (Lipinski definition) is 3.